The lowest BCUT2D eigenvalue weighted by atomic mass is 10.0. The van der Waals surface area contributed by atoms with Crippen molar-refractivity contribution in [3.63, 3.8) is 0 Å². The Labute approximate surface area is 171 Å². The first-order valence-electron chi connectivity index (χ1n) is 9.41. The number of terminal acetylenes is 1. The van der Waals surface area contributed by atoms with Crippen molar-refractivity contribution in [1.82, 2.24) is 14.9 Å². The molecule has 0 unspecified atom stereocenters. The number of fused-ring (bicyclic) bond motifs is 1. The van der Waals surface area contributed by atoms with E-state index in [1.807, 2.05) is 24.3 Å². The van der Waals surface area contributed by atoms with Crippen LogP contribution in [0.1, 0.15) is 27.9 Å². The van der Waals surface area contributed by atoms with E-state index in [9.17, 15) is 18.0 Å². The largest absolute Gasteiger partial charge is 0.416 e. The van der Waals surface area contributed by atoms with Gasteiger partial charge < -0.3 is 4.98 Å². The van der Waals surface area contributed by atoms with Gasteiger partial charge in [-0.05, 0) is 29.8 Å². The molecule has 2 aromatic carbocycles. The van der Waals surface area contributed by atoms with Gasteiger partial charge in [-0.3, -0.25) is 9.69 Å². The minimum atomic E-state index is -4.40. The van der Waals surface area contributed by atoms with Crippen LogP contribution in [0.5, 0.6) is 0 Å². The molecule has 7 heteroatoms. The van der Waals surface area contributed by atoms with Gasteiger partial charge >= 0.3 is 6.18 Å². The number of aromatic nitrogens is 2. The van der Waals surface area contributed by atoms with Gasteiger partial charge in [0.1, 0.15) is 5.82 Å². The molecule has 0 radical (unpaired) electrons. The lowest BCUT2D eigenvalue weighted by Crippen LogP contribution is -2.35. The van der Waals surface area contributed by atoms with E-state index in [0.717, 1.165) is 29.8 Å². The Bertz CT molecular complexity index is 1160. The molecule has 0 saturated carbocycles. The Balaban J connectivity index is 1.53. The Morgan fingerprint density at radius 3 is 2.43 bits per heavy atom. The van der Waals surface area contributed by atoms with Gasteiger partial charge in [-0.2, -0.15) is 13.2 Å². The second-order valence-electron chi connectivity index (χ2n) is 7.22. The van der Waals surface area contributed by atoms with Crippen LogP contribution in [0.4, 0.5) is 13.2 Å². The summed E-state index contributed by atoms with van der Waals surface area (Å²) in [4.78, 5) is 22.0. The van der Waals surface area contributed by atoms with Gasteiger partial charge in [0.05, 0.1) is 16.8 Å². The minimum absolute atomic E-state index is 0.262. The summed E-state index contributed by atoms with van der Waals surface area (Å²) in [5, 5.41) is 0. The molecule has 0 aliphatic carbocycles. The molecule has 0 spiro atoms. The fraction of sp³-hybridized carbons (Fsp3) is 0.217. The van der Waals surface area contributed by atoms with Crippen molar-refractivity contribution in [3.8, 4) is 23.7 Å². The van der Waals surface area contributed by atoms with Crippen LogP contribution < -0.4 is 5.56 Å². The van der Waals surface area contributed by atoms with Crippen molar-refractivity contribution < 1.29 is 13.2 Å². The Hall–Kier alpha value is -3.37. The average Bonchev–Trinajstić information content (AvgIpc) is 2.74. The first-order valence-corrected chi connectivity index (χ1v) is 9.41. The molecular weight excluding hydrogens is 391 g/mol. The highest BCUT2D eigenvalue weighted by molar-refractivity contribution is 5.56. The van der Waals surface area contributed by atoms with Crippen LogP contribution in [0, 0.1) is 12.3 Å². The van der Waals surface area contributed by atoms with E-state index in [1.165, 1.54) is 12.1 Å². The molecule has 1 aliphatic heterocycles. The standard InChI is InChI=1S/C23H18F3N3O/c1-2-15-3-5-16(6-4-15)13-29-12-11-20-19(14-29)22(30)28-21(27-20)17-7-9-18(10-8-17)23(24,25)26/h1,3-10H,11-14H2,(H,27,28,30). The molecular formula is C23H18F3N3O. The Morgan fingerprint density at radius 1 is 1.10 bits per heavy atom. The normalized spacial score (nSPS) is 14.2. The maximum absolute atomic E-state index is 12.8. The monoisotopic (exact) mass is 409 g/mol. The third-order valence-electron chi connectivity index (χ3n) is 5.16. The van der Waals surface area contributed by atoms with E-state index in [-0.39, 0.29) is 11.4 Å². The highest BCUT2D eigenvalue weighted by Gasteiger charge is 2.30. The average molecular weight is 409 g/mol. The smallest absolute Gasteiger partial charge is 0.306 e. The van der Waals surface area contributed by atoms with E-state index in [1.54, 1.807) is 0 Å². The molecule has 0 atom stereocenters. The van der Waals surface area contributed by atoms with Crippen LogP contribution >= 0.6 is 0 Å². The molecule has 1 N–H and O–H groups in total. The van der Waals surface area contributed by atoms with E-state index < -0.39 is 11.7 Å². The van der Waals surface area contributed by atoms with Crippen LogP contribution in [0.15, 0.2) is 53.3 Å². The molecule has 0 fully saturated rings. The van der Waals surface area contributed by atoms with Crippen molar-refractivity contribution in [2.45, 2.75) is 25.7 Å². The van der Waals surface area contributed by atoms with Crippen molar-refractivity contribution in [2.24, 2.45) is 0 Å². The van der Waals surface area contributed by atoms with Crippen molar-refractivity contribution in [2.75, 3.05) is 6.54 Å². The molecule has 0 bridgehead atoms. The highest BCUT2D eigenvalue weighted by Crippen LogP contribution is 2.30. The molecule has 1 aromatic heterocycles. The summed E-state index contributed by atoms with van der Waals surface area (Å²) >= 11 is 0. The third kappa shape index (κ3) is 4.14. The number of hydrogen-bond donors (Lipinski definition) is 1. The topological polar surface area (TPSA) is 49.0 Å². The third-order valence-corrected chi connectivity index (χ3v) is 5.16. The van der Waals surface area contributed by atoms with Gasteiger partial charge in [0, 0.05) is 37.2 Å². The van der Waals surface area contributed by atoms with Gasteiger partial charge in [0.15, 0.2) is 0 Å². The number of halogens is 3. The fourth-order valence-corrected chi connectivity index (χ4v) is 3.53. The molecule has 4 rings (SSSR count). The number of nitrogens with zero attached hydrogens (tertiary/aromatic N) is 2. The zero-order valence-electron chi connectivity index (χ0n) is 16.0. The highest BCUT2D eigenvalue weighted by atomic mass is 19.4. The number of nitrogens with one attached hydrogen (secondary N) is 1. The van der Waals surface area contributed by atoms with E-state index in [4.69, 9.17) is 6.42 Å². The molecule has 1 aliphatic rings. The molecule has 30 heavy (non-hydrogen) atoms. The molecule has 2 heterocycles. The number of alkyl halides is 3. The lowest BCUT2D eigenvalue weighted by Gasteiger charge is -2.27. The van der Waals surface area contributed by atoms with E-state index >= 15 is 0 Å². The van der Waals surface area contributed by atoms with E-state index in [0.29, 0.717) is 36.3 Å². The second-order valence-corrected chi connectivity index (χ2v) is 7.22. The van der Waals surface area contributed by atoms with Gasteiger partial charge in [0.25, 0.3) is 5.56 Å². The summed E-state index contributed by atoms with van der Waals surface area (Å²) in [5.74, 6) is 2.87. The van der Waals surface area contributed by atoms with Gasteiger partial charge in [-0.15, -0.1) is 6.42 Å². The number of benzene rings is 2. The quantitative estimate of drug-likeness (QED) is 0.666. The summed E-state index contributed by atoms with van der Waals surface area (Å²) < 4.78 is 38.3. The zero-order valence-corrected chi connectivity index (χ0v) is 16.0. The van der Waals surface area contributed by atoms with Gasteiger partial charge in [-0.1, -0.05) is 30.2 Å². The minimum Gasteiger partial charge on any atom is -0.306 e. The van der Waals surface area contributed by atoms with Crippen LogP contribution in [-0.4, -0.2) is 21.4 Å². The molecule has 4 nitrogen and oxygen atoms in total. The summed E-state index contributed by atoms with van der Waals surface area (Å²) in [6.45, 7) is 1.87. The second kappa shape index (κ2) is 7.81. The summed E-state index contributed by atoms with van der Waals surface area (Å²) in [6.07, 6.45) is 1.57. The van der Waals surface area contributed by atoms with Crippen molar-refractivity contribution in [1.29, 1.82) is 0 Å². The maximum Gasteiger partial charge on any atom is 0.416 e. The van der Waals surface area contributed by atoms with Crippen LogP contribution in [-0.2, 0) is 25.7 Å². The predicted octanol–water partition coefficient (Wildman–Crippen LogP) is 4.00. The first-order chi connectivity index (χ1) is 14.3. The molecule has 0 amide bonds. The number of hydrogen-bond acceptors (Lipinski definition) is 3. The van der Waals surface area contributed by atoms with E-state index in [2.05, 4.69) is 20.8 Å². The Morgan fingerprint density at radius 2 is 1.80 bits per heavy atom. The molecule has 3 aromatic rings. The number of H-pyrrole nitrogens is 1. The lowest BCUT2D eigenvalue weighted by molar-refractivity contribution is -0.137. The van der Waals surface area contributed by atoms with Gasteiger partial charge in [0.2, 0.25) is 0 Å². The van der Waals surface area contributed by atoms with Crippen LogP contribution in [0.25, 0.3) is 11.4 Å². The molecule has 152 valence electrons. The number of aromatic amines is 1. The first kappa shape index (κ1) is 19.9. The molecule has 0 saturated heterocycles. The summed E-state index contributed by atoms with van der Waals surface area (Å²) in [7, 11) is 0. The maximum atomic E-state index is 12.8. The van der Waals surface area contributed by atoms with Crippen molar-refractivity contribution in [3.05, 3.63) is 86.8 Å². The Kier molecular flexibility index (Phi) is 5.18. The zero-order chi connectivity index (χ0) is 21.3. The fourth-order valence-electron chi connectivity index (χ4n) is 3.53. The van der Waals surface area contributed by atoms with Gasteiger partial charge in [-0.25, -0.2) is 4.98 Å². The summed E-state index contributed by atoms with van der Waals surface area (Å²) in [5.41, 5.74) is 2.64. The predicted molar refractivity (Wildman–Crippen MR) is 107 cm³/mol. The summed E-state index contributed by atoms with van der Waals surface area (Å²) in [6, 6.07) is 12.3. The van der Waals surface area contributed by atoms with Crippen LogP contribution in [0.2, 0.25) is 0 Å². The number of rotatable bonds is 3. The SMILES string of the molecule is C#Cc1ccc(CN2CCc3nc(-c4ccc(C(F)(F)F)cc4)[nH]c(=O)c3C2)cc1. The van der Waals surface area contributed by atoms with Crippen molar-refractivity contribution >= 4 is 0 Å². The van der Waals surface area contributed by atoms with Crippen LogP contribution in [0.3, 0.4) is 0 Å².